The van der Waals surface area contributed by atoms with Crippen LogP contribution in [0.15, 0.2) is 36.7 Å². The van der Waals surface area contributed by atoms with E-state index in [-0.39, 0.29) is 11.7 Å². The molecular formula is C18H22ClN5O3S. The maximum atomic E-state index is 12.7. The van der Waals surface area contributed by atoms with Gasteiger partial charge in [0.1, 0.15) is 0 Å². The Balaban J connectivity index is 1.34. The maximum Gasteiger partial charge on any atom is 0.344 e. The van der Waals surface area contributed by atoms with Crippen molar-refractivity contribution in [3.05, 3.63) is 47.2 Å². The number of benzene rings is 1. The van der Waals surface area contributed by atoms with Crippen LogP contribution in [0.2, 0.25) is 5.02 Å². The summed E-state index contributed by atoms with van der Waals surface area (Å²) in [5.74, 6) is 0.875. The molecular weight excluding hydrogens is 402 g/mol. The second-order valence-electron chi connectivity index (χ2n) is 7.58. The monoisotopic (exact) mass is 423 g/mol. The number of likely N-dealkylation sites (tertiary alicyclic amines) is 2. The minimum Gasteiger partial charge on any atom is -0.322 e. The SMILES string of the molecule is CS(=O)(=O)Nc1cnn(C(=O)N2CC3CN(Cc4cccc(Cl)c4)CC3C2)c1. The van der Waals surface area contributed by atoms with Crippen molar-refractivity contribution in [2.45, 2.75) is 6.54 Å². The number of nitrogens with one attached hydrogen (secondary N) is 1. The molecule has 0 radical (unpaired) electrons. The minimum absolute atomic E-state index is 0.225. The highest BCUT2D eigenvalue weighted by Crippen LogP contribution is 2.32. The highest BCUT2D eigenvalue weighted by Gasteiger charge is 2.41. The quantitative estimate of drug-likeness (QED) is 0.811. The van der Waals surface area contributed by atoms with Gasteiger partial charge in [0.05, 0.1) is 24.3 Å². The van der Waals surface area contributed by atoms with Gasteiger partial charge in [-0.05, 0) is 29.5 Å². The first-order valence-corrected chi connectivity index (χ1v) is 11.3. The molecule has 2 unspecified atom stereocenters. The zero-order valence-electron chi connectivity index (χ0n) is 15.5. The molecule has 0 bridgehead atoms. The Bertz CT molecular complexity index is 979. The van der Waals surface area contributed by atoms with Crippen molar-refractivity contribution in [3.8, 4) is 0 Å². The van der Waals surface area contributed by atoms with Crippen molar-refractivity contribution in [2.24, 2.45) is 11.8 Å². The second kappa shape index (κ2) is 7.38. The van der Waals surface area contributed by atoms with Crippen molar-refractivity contribution in [1.82, 2.24) is 19.6 Å². The van der Waals surface area contributed by atoms with Crippen molar-refractivity contribution in [2.75, 3.05) is 37.2 Å². The number of fused-ring (bicyclic) bond motifs is 1. The van der Waals surface area contributed by atoms with Crippen LogP contribution in [0, 0.1) is 11.8 Å². The van der Waals surface area contributed by atoms with Crippen molar-refractivity contribution < 1.29 is 13.2 Å². The standard InChI is InChI=1S/C18H22ClN5O3S/c1-28(26,27)21-17-6-20-24(12-17)18(25)23-10-14-8-22(9-15(14)11-23)7-13-3-2-4-16(19)5-13/h2-6,12,14-15,21H,7-11H2,1H3. The summed E-state index contributed by atoms with van der Waals surface area (Å²) < 4.78 is 26.1. The van der Waals surface area contributed by atoms with E-state index >= 15 is 0 Å². The van der Waals surface area contributed by atoms with Gasteiger partial charge in [-0.25, -0.2) is 13.2 Å². The molecule has 2 aromatic rings. The lowest BCUT2D eigenvalue weighted by atomic mass is 10.0. The molecule has 0 aliphatic carbocycles. The third-order valence-corrected chi connectivity index (χ3v) is 6.05. The summed E-state index contributed by atoms with van der Waals surface area (Å²) in [4.78, 5) is 16.9. The van der Waals surface area contributed by atoms with E-state index in [9.17, 15) is 13.2 Å². The maximum absolute atomic E-state index is 12.7. The number of aromatic nitrogens is 2. The number of anilines is 1. The van der Waals surface area contributed by atoms with E-state index in [2.05, 4.69) is 20.8 Å². The van der Waals surface area contributed by atoms with Crippen molar-refractivity contribution >= 4 is 33.3 Å². The molecule has 2 fully saturated rings. The molecule has 1 amide bonds. The predicted molar refractivity (Wildman–Crippen MR) is 107 cm³/mol. The average molecular weight is 424 g/mol. The van der Waals surface area contributed by atoms with Gasteiger partial charge in [-0.3, -0.25) is 9.62 Å². The molecule has 1 aromatic heterocycles. The van der Waals surface area contributed by atoms with E-state index in [1.807, 2.05) is 18.2 Å². The lowest BCUT2D eigenvalue weighted by molar-refractivity contribution is 0.197. The molecule has 10 heteroatoms. The number of rotatable bonds is 4. The summed E-state index contributed by atoms with van der Waals surface area (Å²) in [5.41, 5.74) is 1.48. The summed E-state index contributed by atoms with van der Waals surface area (Å²) in [7, 11) is -3.40. The average Bonchev–Trinajstić information content (AvgIpc) is 3.27. The number of amides is 1. The Labute approximate surface area is 169 Å². The van der Waals surface area contributed by atoms with Crippen LogP contribution >= 0.6 is 11.6 Å². The number of hydrogen-bond acceptors (Lipinski definition) is 5. The normalized spacial score (nSPS) is 22.4. The largest absolute Gasteiger partial charge is 0.344 e. The summed E-state index contributed by atoms with van der Waals surface area (Å²) in [6, 6.07) is 7.68. The minimum atomic E-state index is -3.40. The van der Waals surface area contributed by atoms with Crippen LogP contribution < -0.4 is 4.72 Å². The van der Waals surface area contributed by atoms with E-state index in [4.69, 9.17) is 11.6 Å². The number of halogens is 1. The number of carbonyl (C=O) groups excluding carboxylic acids is 1. The Morgan fingerprint density at radius 1 is 1.25 bits per heavy atom. The molecule has 0 saturated carbocycles. The van der Waals surface area contributed by atoms with Gasteiger partial charge in [0, 0.05) is 37.7 Å². The molecule has 2 aliphatic heterocycles. The van der Waals surface area contributed by atoms with Crippen LogP contribution in [0.1, 0.15) is 5.56 Å². The zero-order valence-corrected chi connectivity index (χ0v) is 17.0. The molecule has 8 nitrogen and oxygen atoms in total. The number of hydrogen-bond donors (Lipinski definition) is 1. The third kappa shape index (κ3) is 4.31. The Morgan fingerprint density at radius 2 is 1.96 bits per heavy atom. The van der Waals surface area contributed by atoms with E-state index < -0.39 is 10.0 Å². The topological polar surface area (TPSA) is 87.5 Å². The van der Waals surface area contributed by atoms with Crippen LogP contribution in [-0.2, 0) is 16.6 Å². The Hall–Kier alpha value is -2.10. The molecule has 0 spiro atoms. The highest BCUT2D eigenvalue weighted by molar-refractivity contribution is 7.92. The van der Waals surface area contributed by atoms with Gasteiger partial charge in [0.15, 0.2) is 0 Å². The van der Waals surface area contributed by atoms with Crippen molar-refractivity contribution in [1.29, 1.82) is 0 Å². The highest BCUT2D eigenvalue weighted by atomic mass is 35.5. The van der Waals surface area contributed by atoms with E-state index in [1.165, 1.54) is 22.6 Å². The molecule has 150 valence electrons. The van der Waals surface area contributed by atoms with Crippen LogP contribution in [0.5, 0.6) is 0 Å². The first-order valence-electron chi connectivity index (χ1n) is 9.05. The molecule has 1 aromatic carbocycles. The Kier molecular flexibility index (Phi) is 5.07. The number of nitrogens with zero attached hydrogens (tertiary/aromatic N) is 4. The fourth-order valence-electron chi connectivity index (χ4n) is 4.11. The summed E-state index contributed by atoms with van der Waals surface area (Å²) in [6.45, 7) is 4.12. The smallest absolute Gasteiger partial charge is 0.322 e. The lowest BCUT2D eigenvalue weighted by Gasteiger charge is -2.21. The molecule has 3 heterocycles. The number of carbonyl (C=O) groups is 1. The van der Waals surface area contributed by atoms with E-state index in [0.29, 0.717) is 24.9 Å². The predicted octanol–water partition coefficient (Wildman–Crippen LogP) is 1.94. The molecule has 2 aliphatic rings. The molecule has 2 saturated heterocycles. The van der Waals surface area contributed by atoms with Crippen LogP contribution in [0.25, 0.3) is 0 Å². The van der Waals surface area contributed by atoms with Crippen LogP contribution in [0.3, 0.4) is 0 Å². The Morgan fingerprint density at radius 3 is 2.61 bits per heavy atom. The summed E-state index contributed by atoms with van der Waals surface area (Å²) in [5, 5.41) is 4.74. The fraction of sp³-hybridized carbons (Fsp3) is 0.444. The van der Waals surface area contributed by atoms with E-state index in [1.54, 1.807) is 4.90 Å². The fourth-order valence-corrected chi connectivity index (χ4v) is 4.85. The first-order chi connectivity index (χ1) is 13.3. The van der Waals surface area contributed by atoms with E-state index in [0.717, 1.165) is 30.9 Å². The van der Waals surface area contributed by atoms with Crippen LogP contribution in [0.4, 0.5) is 10.5 Å². The number of sulfonamides is 1. The zero-order chi connectivity index (χ0) is 19.9. The molecule has 4 rings (SSSR count). The van der Waals surface area contributed by atoms with Crippen LogP contribution in [-0.4, -0.2) is 66.5 Å². The second-order valence-corrected chi connectivity index (χ2v) is 9.76. The molecule has 2 atom stereocenters. The molecule has 28 heavy (non-hydrogen) atoms. The van der Waals surface area contributed by atoms with Gasteiger partial charge in [-0.15, -0.1) is 0 Å². The van der Waals surface area contributed by atoms with Gasteiger partial charge in [0.2, 0.25) is 10.0 Å². The molecule has 1 N–H and O–H groups in total. The van der Waals surface area contributed by atoms with Gasteiger partial charge in [-0.2, -0.15) is 9.78 Å². The first kappa shape index (κ1) is 19.2. The summed E-state index contributed by atoms with van der Waals surface area (Å²) in [6.07, 6.45) is 3.80. The van der Waals surface area contributed by atoms with Gasteiger partial charge < -0.3 is 4.90 Å². The lowest BCUT2D eigenvalue weighted by Crippen LogP contribution is -2.36. The van der Waals surface area contributed by atoms with Gasteiger partial charge >= 0.3 is 6.03 Å². The van der Waals surface area contributed by atoms with Gasteiger partial charge in [0.25, 0.3) is 0 Å². The van der Waals surface area contributed by atoms with Gasteiger partial charge in [-0.1, -0.05) is 23.7 Å². The third-order valence-electron chi connectivity index (χ3n) is 5.21. The summed E-state index contributed by atoms with van der Waals surface area (Å²) >= 11 is 6.07. The van der Waals surface area contributed by atoms with Crippen molar-refractivity contribution in [3.63, 3.8) is 0 Å².